The first-order valence-electron chi connectivity index (χ1n) is 7.33. The normalized spacial score (nSPS) is 13.5. The summed E-state index contributed by atoms with van der Waals surface area (Å²) in [5.41, 5.74) is 1.99. The average molecular weight is 301 g/mol. The molecule has 118 valence electrons. The molecule has 0 bridgehead atoms. The Morgan fingerprint density at radius 1 is 1.00 bits per heavy atom. The molecule has 2 unspecified atom stereocenters. The number of rotatable bonds is 7. The summed E-state index contributed by atoms with van der Waals surface area (Å²) < 4.78 is 10.5. The fourth-order valence-corrected chi connectivity index (χ4v) is 2.32. The van der Waals surface area contributed by atoms with Gasteiger partial charge in [0.15, 0.2) is 11.5 Å². The highest BCUT2D eigenvalue weighted by Gasteiger charge is 2.15. The molecular formula is C18H23NO3. The van der Waals surface area contributed by atoms with Crippen LogP contribution >= 0.6 is 0 Å². The van der Waals surface area contributed by atoms with Crippen LogP contribution in [0.3, 0.4) is 0 Å². The highest BCUT2D eigenvalue weighted by Crippen LogP contribution is 2.27. The van der Waals surface area contributed by atoms with Crippen LogP contribution in [-0.2, 0) is 6.54 Å². The van der Waals surface area contributed by atoms with Crippen LogP contribution in [0.1, 0.15) is 24.2 Å². The Labute approximate surface area is 131 Å². The molecule has 2 aromatic carbocycles. The van der Waals surface area contributed by atoms with E-state index in [4.69, 9.17) is 9.47 Å². The van der Waals surface area contributed by atoms with E-state index in [1.54, 1.807) is 14.2 Å². The maximum atomic E-state index is 10.3. The van der Waals surface area contributed by atoms with E-state index in [0.29, 0.717) is 18.0 Å². The van der Waals surface area contributed by atoms with Gasteiger partial charge in [-0.05, 0) is 30.2 Å². The average Bonchev–Trinajstić information content (AvgIpc) is 2.59. The van der Waals surface area contributed by atoms with Gasteiger partial charge < -0.3 is 19.9 Å². The minimum absolute atomic E-state index is 0.0597. The van der Waals surface area contributed by atoms with E-state index in [1.165, 1.54) is 0 Å². The summed E-state index contributed by atoms with van der Waals surface area (Å²) in [6, 6.07) is 15.4. The van der Waals surface area contributed by atoms with E-state index in [1.807, 2.05) is 55.5 Å². The molecule has 0 radical (unpaired) electrons. The fraction of sp³-hybridized carbons (Fsp3) is 0.333. The molecule has 4 nitrogen and oxygen atoms in total. The van der Waals surface area contributed by atoms with Crippen LogP contribution in [0, 0.1) is 0 Å². The van der Waals surface area contributed by atoms with Gasteiger partial charge >= 0.3 is 0 Å². The SMILES string of the molecule is COc1ccc(CNC(C)C(O)c2ccccc2)cc1OC. The molecule has 4 heteroatoms. The summed E-state index contributed by atoms with van der Waals surface area (Å²) in [5, 5.41) is 13.7. The zero-order valence-corrected chi connectivity index (χ0v) is 13.2. The molecule has 0 heterocycles. The Morgan fingerprint density at radius 3 is 2.32 bits per heavy atom. The van der Waals surface area contributed by atoms with E-state index in [2.05, 4.69) is 5.32 Å². The van der Waals surface area contributed by atoms with Crippen molar-refractivity contribution in [1.29, 1.82) is 0 Å². The summed E-state index contributed by atoms with van der Waals surface area (Å²) in [7, 11) is 3.24. The lowest BCUT2D eigenvalue weighted by atomic mass is 10.0. The van der Waals surface area contributed by atoms with Gasteiger partial charge in [0.25, 0.3) is 0 Å². The summed E-state index contributed by atoms with van der Waals surface area (Å²) in [6.07, 6.45) is -0.540. The lowest BCUT2D eigenvalue weighted by molar-refractivity contribution is 0.135. The van der Waals surface area contributed by atoms with E-state index in [9.17, 15) is 5.11 Å². The highest BCUT2D eigenvalue weighted by atomic mass is 16.5. The molecule has 2 rings (SSSR count). The van der Waals surface area contributed by atoms with Gasteiger partial charge in [-0.25, -0.2) is 0 Å². The van der Waals surface area contributed by atoms with Gasteiger partial charge in [-0.3, -0.25) is 0 Å². The van der Waals surface area contributed by atoms with Crippen molar-refractivity contribution in [3.05, 3.63) is 59.7 Å². The molecule has 0 saturated carbocycles. The van der Waals surface area contributed by atoms with Crippen LogP contribution < -0.4 is 14.8 Å². The summed E-state index contributed by atoms with van der Waals surface area (Å²) in [5.74, 6) is 1.42. The van der Waals surface area contributed by atoms with Gasteiger partial charge in [-0.1, -0.05) is 36.4 Å². The molecule has 2 atom stereocenters. The van der Waals surface area contributed by atoms with E-state index in [0.717, 1.165) is 11.1 Å². The zero-order valence-electron chi connectivity index (χ0n) is 13.2. The van der Waals surface area contributed by atoms with Crippen molar-refractivity contribution in [2.75, 3.05) is 14.2 Å². The summed E-state index contributed by atoms with van der Waals surface area (Å²) >= 11 is 0. The second-order valence-electron chi connectivity index (χ2n) is 5.21. The largest absolute Gasteiger partial charge is 0.493 e. The highest BCUT2D eigenvalue weighted by molar-refractivity contribution is 5.42. The quantitative estimate of drug-likeness (QED) is 0.825. The van der Waals surface area contributed by atoms with Gasteiger partial charge in [-0.15, -0.1) is 0 Å². The number of aliphatic hydroxyl groups excluding tert-OH is 1. The van der Waals surface area contributed by atoms with Gasteiger partial charge in [0.2, 0.25) is 0 Å². The van der Waals surface area contributed by atoms with E-state index < -0.39 is 6.10 Å². The third-order valence-corrected chi connectivity index (χ3v) is 3.69. The van der Waals surface area contributed by atoms with Crippen LogP contribution in [0.5, 0.6) is 11.5 Å². The molecular weight excluding hydrogens is 278 g/mol. The maximum absolute atomic E-state index is 10.3. The minimum Gasteiger partial charge on any atom is -0.493 e. The second-order valence-corrected chi connectivity index (χ2v) is 5.21. The van der Waals surface area contributed by atoms with Crippen molar-refractivity contribution in [2.24, 2.45) is 0 Å². The van der Waals surface area contributed by atoms with E-state index in [-0.39, 0.29) is 6.04 Å². The molecule has 0 amide bonds. The molecule has 2 aromatic rings. The van der Waals surface area contributed by atoms with Crippen LogP contribution in [-0.4, -0.2) is 25.4 Å². The second kappa shape index (κ2) is 7.82. The van der Waals surface area contributed by atoms with Gasteiger partial charge in [0, 0.05) is 12.6 Å². The minimum atomic E-state index is -0.540. The molecule has 0 spiro atoms. The number of hydrogen-bond acceptors (Lipinski definition) is 4. The summed E-state index contributed by atoms with van der Waals surface area (Å²) in [6.45, 7) is 2.61. The lowest BCUT2D eigenvalue weighted by Crippen LogP contribution is -2.31. The molecule has 0 saturated heterocycles. The number of aliphatic hydroxyl groups is 1. The fourth-order valence-electron chi connectivity index (χ4n) is 2.32. The van der Waals surface area contributed by atoms with Crippen molar-refractivity contribution in [3.8, 4) is 11.5 Å². The molecule has 0 aliphatic rings. The number of methoxy groups -OCH3 is 2. The van der Waals surface area contributed by atoms with Crippen molar-refractivity contribution >= 4 is 0 Å². The molecule has 0 fully saturated rings. The number of hydrogen-bond donors (Lipinski definition) is 2. The van der Waals surface area contributed by atoms with Gasteiger partial charge in [0.05, 0.1) is 20.3 Å². The Balaban J connectivity index is 1.97. The topological polar surface area (TPSA) is 50.7 Å². The first-order chi connectivity index (χ1) is 10.7. The predicted molar refractivity (Wildman–Crippen MR) is 87.2 cm³/mol. The smallest absolute Gasteiger partial charge is 0.161 e. The van der Waals surface area contributed by atoms with Crippen LogP contribution in [0.4, 0.5) is 0 Å². The van der Waals surface area contributed by atoms with Crippen molar-refractivity contribution in [1.82, 2.24) is 5.32 Å². The first kappa shape index (κ1) is 16.3. The Bertz CT molecular complexity index is 586. The maximum Gasteiger partial charge on any atom is 0.161 e. The zero-order chi connectivity index (χ0) is 15.9. The van der Waals surface area contributed by atoms with Crippen molar-refractivity contribution < 1.29 is 14.6 Å². The summed E-state index contributed by atoms with van der Waals surface area (Å²) in [4.78, 5) is 0. The number of ether oxygens (including phenoxy) is 2. The van der Waals surface area contributed by atoms with Crippen molar-refractivity contribution in [2.45, 2.75) is 25.6 Å². The monoisotopic (exact) mass is 301 g/mol. The van der Waals surface area contributed by atoms with E-state index >= 15 is 0 Å². The third-order valence-electron chi connectivity index (χ3n) is 3.69. The Kier molecular flexibility index (Phi) is 5.81. The van der Waals surface area contributed by atoms with Crippen LogP contribution in [0.2, 0.25) is 0 Å². The number of nitrogens with one attached hydrogen (secondary N) is 1. The molecule has 0 aliphatic carbocycles. The van der Waals surface area contributed by atoms with Gasteiger partial charge in [0.1, 0.15) is 0 Å². The third kappa shape index (κ3) is 4.00. The Hall–Kier alpha value is -2.04. The molecule has 0 aromatic heterocycles. The van der Waals surface area contributed by atoms with Gasteiger partial charge in [-0.2, -0.15) is 0 Å². The first-order valence-corrected chi connectivity index (χ1v) is 7.33. The predicted octanol–water partition coefficient (Wildman–Crippen LogP) is 2.92. The molecule has 2 N–H and O–H groups in total. The van der Waals surface area contributed by atoms with Crippen LogP contribution in [0.25, 0.3) is 0 Å². The molecule has 0 aliphatic heterocycles. The van der Waals surface area contributed by atoms with Crippen molar-refractivity contribution in [3.63, 3.8) is 0 Å². The lowest BCUT2D eigenvalue weighted by Gasteiger charge is -2.21. The Morgan fingerprint density at radius 2 is 1.68 bits per heavy atom. The van der Waals surface area contributed by atoms with Crippen LogP contribution in [0.15, 0.2) is 48.5 Å². The number of benzene rings is 2. The molecule has 22 heavy (non-hydrogen) atoms. The standard InChI is InChI=1S/C18H23NO3/c1-13(18(20)15-7-5-4-6-8-15)19-12-14-9-10-16(21-2)17(11-14)22-3/h4-11,13,18-20H,12H2,1-3H3.